The zero-order valence-electron chi connectivity index (χ0n) is 19.4. The fraction of sp³-hybridized carbons (Fsp3) is 0.417. The second kappa shape index (κ2) is 10.5. The van der Waals surface area contributed by atoms with Crippen LogP contribution in [0, 0.1) is 6.92 Å². The number of aryl methyl sites for hydroxylation is 1. The van der Waals surface area contributed by atoms with Crippen LogP contribution < -0.4 is 10.0 Å². The second-order valence-electron chi connectivity index (χ2n) is 8.33. The molecule has 1 heterocycles. The molecule has 0 bridgehead atoms. The normalized spacial score (nSPS) is 18.7. The maximum atomic E-state index is 12.8. The molecule has 1 aliphatic rings. The summed E-state index contributed by atoms with van der Waals surface area (Å²) >= 11 is 0. The molecule has 2 aromatic carbocycles. The first kappa shape index (κ1) is 24.9. The number of nitrogens with one attached hydrogen (secondary N) is 2. The van der Waals surface area contributed by atoms with Crippen molar-refractivity contribution in [3.63, 3.8) is 0 Å². The first-order chi connectivity index (χ1) is 15.6. The molecule has 33 heavy (non-hydrogen) atoms. The van der Waals surface area contributed by atoms with Crippen molar-refractivity contribution in [2.75, 3.05) is 19.6 Å². The molecule has 0 aromatic heterocycles. The number of hydrogen-bond acceptors (Lipinski definition) is 5. The van der Waals surface area contributed by atoms with Crippen LogP contribution in [0.4, 0.5) is 0 Å². The molecule has 1 fully saturated rings. The highest BCUT2D eigenvalue weighted by atomic mass is 32.2. The number of carbonyl (C=O) groups excluding carboxylic acids is 2. The molecule has 0 aliphatic carbocycles. The first-order valence-corrected chi connectivity index (χ1v) is 12.5. The predicted molar refractivity (Wildman–Crippen MR) is 126 cm³/mol. The van der Waals surface area contributed by atoms with Gasteiger partial charge in [-0.2, -0.15) is 0 Å². The summed E-state index contributed by atoms with van der Waals surface area (Å²) in [7, 11) is -3.65. The van der Waals surface area contributed by atoms with E-state index in [0.717, 1.165) is 5.56 Å². The summed E-state index contributed by atoms with van der Waals surface area (Å²) in [6, 6.07) is 11.6. The molecule has 1 aliphatic heterocycles. The van der Waals surface area contributed by atoms with Gasteiger partial charge in [-0.1, -0.05) is 25.1 Å². The van der Waals surface area contributed by atoms with E-state index in [4.69, 9.17) is 4.74 Å². The highest BCUT2D eigenvalue weighted by Crippen LogP contribution is 2.17. The third-order valence-corrected chi connectivity index (χ3v) is 7.00. The average molecular weight is 474 g/mol. The van der Waals surface area contributed by atoms with E-state index < -0.39 is 10.0 Å². The van der Waals surface area contributed by atoms with Gasteiger partial charge in [-0.05, 0) is 56.2 Å². The van der Waals surface area contributed by atoms with Gasteiger partial charge in [-0.25, -0.2) is 13.1 Å². The van der Waals surface area contributed by atoms with Crippen LogP contribution in [0.2, 0.25) is 0 Å². The Morgan fingerprint density at radius 1 is 1.06 bits per heavy atom. The van der Waals surface area contributed by atoms with Gasteiger partial charge in [0.25, 0.3) is 11.8 Å². The van der Waals surface area contributed by atoms with Gasteiger partial charge in [0.15, 0.2) is 0 Å². The number of morpholine rings is 1. The largest absolute Gasteiger partial charge is 0.372 e. The van der Waals surface area contributed by atoms with Crippen molar-refractivity contribution in [2.24, 2.45) is 0 Å². The Hall–Kier alpha value is -2.75. The van der Waals surface area contributed by atoms with Crippen LogP contribution in [0.5, 0.6) is 0 Å². The zero-order valence-corrected chi connectivity index (χ0v) is 20.2. The minimum absolute atomic E-state index is 0.00175. The number of ether oxygens (including phenoxy) is 1. The predicted octanol–water partition coefficient (Wildman–Crippen LogP) is 2.47. The van der Waals surface area contributed by atoms with Crippen LogP contribution in [0.25, 0.3) is 0 Å². The van der Waals surface area contributed by atoms with E-state index in [0.29, 0.717) is 29.8 Å². The number of nitrogens with zero attached hydrogens (tertiary/aromatic N) is 1. The van der Waals surface area contributed by atoms with E-state index in [2.05, 4.69) is 10.0 Å². The molecule has 2 atom stereocenters. The fourth-order valence-electron chi connectivity index (χ4n) is 3.86. The number of hydrogen-bond donors (Lipinski definition) is 2. The van der Waals surface area contributed by atoms with Gasteiger partial charge in [0.05, 0.1) is 17.1 Å². The molecule has 2 N–H and O–H groups in total. The van der Waals surface area contributed by atoms with E-state index >= 15 is 0 Å². The molecule has 0 saturated carbocycles. The Balaban J connectivity index is 1.65. The van der Waals surface area contributed by atoms with Gasteiger partial charge in [0.2, 0.25) is 10.0 Å². The molecule has 1 saturated heterocycles. The smallest absolute Gasteiger partial charge is 0.254 e. The monoisotopic (exact) mass is 473 g/mol. The van der Waals surface area contributed by atoms with Crippen molar-refractivity contribution < 1.29 is 22.7 Å². The fourth-order valence-corrected chi connectivity index (χ4v) is 4.92. The van der Waals surface area contributed by atoms with Gasteiger partial charge in [0.1, 0.15) is 0 Å². The highest BCUT2D eigenvalue weighted by Gasteiger charge is 2.26. The van der Waals surface area contributed by atoms with Gasteiger partial charge < -0.3 is 15.0 Å². The second-order valence-corrected chi connectivity index (χ2v) is 10.1. The lowest BCUT2D eigenvalue weighted by Gasteiger charge is -2.35. The summed E-state index contributed by atoms with van der Waals surface area (Å²) in [6.07, 6.45) is 0.00349. The molecule has 3 rings (SSSR count). The molecule has 0 spiro atoms. The van der Waals surface area contributed by atoms with E-state index in [9.17, 15) is 18.0 Å². The van der Waals surface area contributed by atoms with E-state index in [1.165, 1.54) is 12.1 Å². The van der Waals surface area contributed by atoms with Crippen molar-refractivity contribution in [3.8, 4) is 0 Å². The van der Waals surface area contributed by atoms with Crippen LogP contribution in [-0.4, -0.2) is 57.0 Å². The summed E-state index contributed by atoms with van der Waals surface area (Å²) < 4.78 is 32.6. The minimum Gasteiger partial charge on any atom is -0.372 e. The molecule has 0 radical (unpaired) electrons. The lowest BCUT2D eigenvalue weighted by molar-refractivity contribution is -0.0586. The van der Waals surface area contributed by atoms with Crippen LogP contribution in [0.3, 0.4) is 0 Å². The number of amides is 2. The highest BCUT2D eigenvalue weighted by molar-refractivity contribution is 7.89. The van der Waals surface area contributed by atoms with Crippen LogP contribution >= 0.6 is 0 Å². The van der Waals surface area contributed by atoms with Gasteiger partial charge in [0, 0.05) is 37.3 Å². The Morgan fingerprint density at radius 3 is 2.30 bits per heavy atom. The lowest BCUT2D eigenvalue weighted by Crippen LogP contribution is -2.48. The SMILES string of the molecule is CCNS(=O)(=O)c1ccc(C)c(C(=O)NCc2ccc(C(=O)N3CC(C)OC(C)C3)cc2)c1. The molecule has 2 aromatic rings. The van der Waals surface area contributed by atoms with Crippen molar-refractivity contribution in [3.05, 3.63) is 64.7 Å². The molecule has 9 heteroatoms. The van der Waals surface area contributed by atoms with Crippen molar-refractivity contribution in [1.29, 1.82) is 0 Å². The number of carbonyl (C=O) groups is 2. The average Bonchev–Trinajstić information content (AvgIpc) is 2.76. The maximum Gasteiger partial charge on any atom is 0.254 e. The molecule has 8 nitrogen and oxygen atoms in total. The van der Waals surface area contributed by atoms with E-state index in [-0.39, 0.29) is 42.0 Å². The van der Waals surface area contributed by atoms with Crippen LogP contribution in [-0.2, 0) is 21.3 Å². The summed E-state index contributed by atoms with van der Waals surface area (Å²) in [4.78, 5) is 27.4. The Labute approximate surface area is 195 Å². The number of benzene rings is 2. The topological polar surface area (TPSA) is 105 Å². The maximum absolute atomic E-state index is 12.8. The van der Waals surface area contributed by atoms with E-state index in [1.807, 2.05) is 13.8 Å². The van der Waals surface area contributed by atoms with Crippen molar-refractivity contribution >= 4 is 21.8 Å². The summed E-state index contributed by atoms with van der Waals surface area (Å²) in [5.74, 6) is -0.403. The van der Waals surface area contributed by atoms with Crippen LogP contribution in [0.1, 0.15) is 52.6 Å². The summed E-state index contributed by atoms with van der Waals surface area (Å²) in [5, 5.41) is 2.82. The summed E-state index contributed by atoms with van der Waals surface area (Å²) in [6.45, 7) is 8.99. The molecular weight excluding hydrogens is 442 g/mol. The van der Waals surface area contributed by atoms with Crippen molar-refractivity contribution in [2.45, 2.75) is 51.3 Å². The van der Waals surface area contributed by atoms with Gasteiger partial charge >= 0.3 is 0 Å². The lowest BCUT2D eigenvalue weighted by atomic mass is 10.1. The minimum atomic E-state index is -3.65. The van der Waals surface area contributed by atoms with Gasteiger partial charge in [-0.3, -0.25) is 9.59 Å². The Bertz CT molecular complexity index is 1110. The molecule has 2 unspecified atom stereocenters. The zero-order chi connectivity index (χ0) is 24.2. The third kappa shape index (κ3) is 6.19. The van der Waals surface area contributed by atoms with E-state index in [1.54, 1.807) is 49.1 Å². The Kier molecular flexibility index (Phi) is 7.88. The standard InChI is InChI=1S/C24H31N3O5S/c1-5-26-33(30,31)21-11-6-16(2)22(12-21)23(28)25-13-19-7-9-20(10-8-19)24(29)27-14-17(3)32-18(4)15-27/h6-12,17-18,26H,5,13-15H2,1-4H3,(H,25,28). The molecule has 2 amide bonds. The van der Waals surface area contributed by atoms with Crippen LogP contribution in [0.15, 0.2) is 47.4 Å². The summed E-state index contributed by atoms with van der Waals surface area (Å²) in [5.41, 5.74) is 2.40. The Morgan fingerprint density at radius 2 is 1.70 bits per heavy atom. The molecule has 178 valence electrons. The number of rotatable bonds is 7. The third-order valence-electron chi connectivity index (χ3n) is 5.46. The first-order valence-electron chi connectivity index (χ1n) is 11.0. The quantitative estimate of drug-likeness (QED) is 0.643. The molecular formula is C24H31N3O5S. The van der Waals surface area contributed by atoms with Crippen molar-refractivity contribution in [1.82, 2.24) is 14.9 Å². The van der Waals surface area contributed by atoms with Gasteiger partial charge in [-0.15, -0.1) is 0 Å². The number of sulfonamides is 1.